The molecule has 0 heterocycles. The predicted octanol–water partition coefficient (Wildman–Crippen LogP) is 5.08. The number of aliphatic imine (C=N–C) groups is 1. The van der Waals surface area contributed by atoms with Crippen molar-refractivity contribution in [3.63, 3.8) is 0 Å². The molecule has 1 fully saturated rings. The summed E-state index contributed by atoms with van der Waals surface area (Å²) in [6.45, 7) is 6.51. The summed E-state index contributed by atoms with van der Waals surface area (Å²) in [5.74, 6) is 0. The molecular weight excluding hydrogens is 206 g/mol. The van der Waals surface area contributed by atoms with E-state index in [0.717, 1.165) is 12.8 Å². The Hall–Kier alpha value is -0.850. The van der Waals surface area contributed by atoms with Crippen LogP contribution < -0.4 is 0 Å². The highest BCUT2D eigenvalue weighted by Crippen LogP contribution is 2.19. The van der Waals surface area contributed by atoms with Gasteiger partial charge >= 0.3 is 0 Å². The molecule has 0 N–H and O–H groups in total. The van der Waals surface area contributed by atoms with E-state index in [0.29, 0.717) is 6.04 Å². The topological polar surface area (TPSA) is 12.4 Å². The lowest BCUT2D eigenvalue weighted by molar-refractivity contribution is 0.444. The van der Waals surface area contributed by atoms with Crippen LogP contribution in [0.3, 0.4) is 0 Å². The molecule has 96 valence electrons. The number of rotatable bonds is 5. The predicted molar refractivity (Wildman–Crippen MR) is 77.8 cm³/mol. The van der Waals surface area contributed by atoms with Crippen LogP contribution in [0.2, 0.25) is 0 Å². The molecule has 1 aliphatic rings. The van der Waals surface area contributed by atoms with Gasteiger partial charge in [-0.3, -0.25) is 4.99 Å². The zero-order chi connectivity index (χ0) is 12.5. The van der Waals surface area contributed by atoms with Crippen LogP contribution in [0.5, 0.6) is 0 Å². The molecule has 1 nitrogen and oxygen atoms in total. The molecule has 0 aromatic rings. The van der Waals surface area contributed by atoms with Crippen LogP contribution in [-0.4, -0.2) is 12.3 Å². The molecule has 0 amide bonds. The zero-order valence-corrected chi connectivity index (χ0v) is 11.7. The van der Waals surface area contributed by atoms with E-state index in [1.807, 2.05) is 6.21 Å². The summed E-state index contributed by atoms with van der Waals surface area (Å²) in [6.07, 6.45) is 15.6. The second kappa shape index (κ2) is 8.27. The van der Waals surface area contributed by atoms with Crippen molar-refractivity contribution in [2.75, 3.05) is 0 Å². The number of nitrogens with zero attached hydrogens (tertiary/aromatic N) is 1. The second-order valence-electron chi connectivity index (χ2n) is 5.42. The monoisotopic (exact) mass is 233 g/mol. The van der Waals surface area contributed by atoms with E-state index in [1.165, 1.54) is 43.3 Å². The zero-order valence-electron chi connectivity index (χ0n) is 11.7. The Balaban J connectivity index is 2.25. The first-order valence-corrected chi connectivity index (χ1v) is 7.01. The van der Waals surface area contributed by atoms with E-state index in [-0.39, 0.29) is 0 Å². The Bertz CT molecular complexity index is 287. The Morgan fingerprint density at radius 1 is 1.12 bits per heavy atom. The number of hydrogen-bond acceptors (Lipinski definition) is 1. The van der Waals surface area contributed by atoms with E-state index >= 15 is 0 Å². The summed E-state index contributed by atoms with van der Waals surface area (Å²) in [7, 11) is 0. The molecule has 0 atom stereocenters. The lowest BCUT2D eigenvalue weighted by atomic mass is 9.96. The normalized spacial score (nSPS) is 18.6. The van der Waals surface area contributed by atoms with Gasteiger partial charge in [0.15, 0.2) is 0 Å². The maximum Gasteiger partial charge on any atom is 0.0499 e. The molecule has 0 aliphatic heterocycles. The fraction of sp³-hybridized carbons (Fsp3) is 0.688. The smallest absolute Gasteiger partial charge is 0.0499 e. The molecule has 1 heteroatoms. The lowest BCUT2D eigenvalue weighted by Crippen LogP contribution is -2.09. The molecule has 17 heavy (non-hydrogen) atoms. The van der Waals surface area contributed by atoms with Crippen molar-refractivity contribution < 1.29 is 0 Å². The van der Waals surface area contributed by atoms with Gasteiger partial charge in [-0.25, -0.2) is 0 Å². The quantitative estimate of drug-likeness (QED) is 0.463. The standard InChI is InChI=1S/C16H27N/c1-14(2)8-7-9-15(3)12-13-17-16-10-5-4-6-11-16/h8,12-13,16H,4-7,9-11H2,1-3H3. The van der Waals surface area contributed by atoms with Gasteiger partial charge in [0.1, 0.15) is 0 Å². The summed E-state index contributed by atoms with van der Waals surface area (Å²) in [5, 5.41) is 0. The molecule has 0 radical (unpaired) electrons. The minimum absolute atomic E-state index is 0.602. The van der Waals surface area contributed by atoms with Crippen molar-refractivity contribution in [3.8, 4) is 0 Å². The molecule has 0 aromatic heterocycles. The average Bonchev–Trinajstić information content (AvgIpc) is 2.30. The first kappa shape index (κ1) is 14.2. The van der Waals surface area contributed by atoms with E-state index < -0.39 is 0 Å². The van der Waals surface area contributed by atoms with Gasteiger partial charge in [0.2, 0.25) is 0 Å². The van der Waals surface area contributed by atoms with Crippen molar-refractivity contribution in [1.82, 2.24) is 0 Å². The third-order valence-corrected chi connectivity index (χ3v) is 3.32. The Kier molecular flexibility index (Phi) is 6.91. The molecule has 1 saturated carbocycles. The molecule has 0 bridgehead atoms. The van der Waals surface area contributed by atoms with Crippen LogP contribution in [0.4, 0.5) is 0 Å². The molecule has 0 spiro atoms. The van der Waals surface area contributed by atoms with Crippen molar-refractivity contribution >= 4 is 6.21 Å². The SMILES string of the molecule is CC(C)=CCCC(C)=CC=NC1CCCCC1. The second-order valence-corrected chi connectivity index (χ2v) is 5.42. The maximum atomic E-state index is 4.65. The van der Waals surface area contributed by atoms with Crippen LogP contribution in [0.25, 0.3) is 0 Å². The van der Waals surface area contributed by atoms with Crippen LogP contribution >= 0.6 is 0 Å². The van der Waals surface area contributed by atoms with Crippen LogP contribution in [-0.2, 0) is 0 Å². The van der Waals surface area contributed by atoms with E-state index in [2.05, 4.69) is 37.9 Å². The van der Waals surface area contributed by atoms with Crippen LogP contribution in [0.1, 0.15) is 65.7 Å². The minimum atomic E-state index is 0.602. The lowest BCUT2D eigenvalue weighted by Gasteiger charge is -2.16. The molecular formula is C16H27N. The molecule has 0 aromatic carbocycles. The highest BCUT2D eigenvalue weighted by Gasteiger charge is 2.09. The van der Waals surface area contributed by atoms with Gasteiger partial charge in [-0.1, -0.05) is 36.5 Å². The summed E-state index contributed by atoms with van der Waals surface area (Å²) in [5.41, 5.74) is 2.84. The number of hydrogen-bond donors (Lipinski definition) is 0. The van der Waals surface area contributed by atoms with Gasteiger partial charge < -0.3 is 0 Å². The minimum Gasteiger partial charge on any atom is -0.290 e. The van der Waals surface area contributed by atoms with Crippen molar-refractivity contribution in [2.24, 2.45) is 4.99 Å². The molecule has 0 saturated heterocycles. The third kappa shape index (κ3) is 7.14. The Labute approximate surface area is 107 Å². The van der Waals surface area contributed by atoms with Gasteiger partial charge in [-0.15, -0.1) is 0 Å². The first-order valence-electron chi connectivity index (χ1n) is 7.01. The maximum absolute atomic E-state index is 4.65. The Morgan fingerprint density at radius 2 is 1.82 bits per heavy atom. The molecule has 1 rings (SSSR count). The van der Waals surface area contributed by atoms with Gasteiger partial charge in [0, 0.05) is 12.3 Å². The summed E-state index contributed by atoms with van der Waals surface area (Å²) < 4.78 is 0. The average molecular weight is 233 g/mol. The van der Waals surface area contributed by atoms with Gasteiger partial charge in [-0.2, -0.15) is 0 Å². The van der Waals surface area contributed by atoms with E-state index in [4.69, 9.17) is 0 Å². The highest BCUT2D eigenvalue weighted by molar-refractivity contribution is 5.72. The largest absolute Gasteiger partial charge is 0.290 e. The first-order chi connectivity index (χ1) is 8.18. The van der Waals surface area contributed by atoms with Crippen molar-refractivity contribution in [1.29, 1.82) is 0 Å². The highest BCUT2D eigenvalue weighted by atomic mass is 14.8. The fourth-order valence-electron chi connectivity index (χ4n) is 2.19. The van der Waals surface area contributed by atoms with Crippen molar-refractivity contribution in [2.45, 2.75) is 71.8 Å². The van der Waals surface area contributed by atoms with E-state index in [1.54, 1.807) is 0 Å². The Morgan fingerprint density at radius 3 is 2.47 bits per heavy atom. The molecule has 0 unspecified atom stereocenters. The summed E-state index contributed by atoms with van der Waals surface area (Å²) >= 11 is 0. The third-order valence-electron chi connectivity index (χ3n) is 3.32. The van der Waals surface area contributed by atoms with E-state index in [9.17, 15) is 0 Å². The number of allylic oxidation sites excluding steroid dienone is 4. The van der Waals surface area contributed by atoms with Crippen LogP contribution in [0.15, 0.2) is 28.3 Å². The van der Waals surface area contributed by atoms with Gasteiger partial charge in [0.05, 0.1) is 0 Å². The summed E-state index contributed by atoms with van der Waals surface area (Å²) in [6, 6.07) is 0.602. The van der Waals surface area contributed by atoms with Crippen LogP contribution in [0, 0.1) is 0 Å². The molecule has 1 aliphatic carbocycles. The van der Waals surface area contributed by atoms with Gasteiger partial charge in [0.25, 0.3) is 0 Å². The van der Waals surface area contributed by atoms with Gasteiger partial charge in [-0.05, 0) is 52.5 Å². The summed E-state index contributed by atoms with van der Waals surface area (Å²) in [4.78, 5) is 4.65. The van der Waals surface area contributed by atoms with Crippen molar-refractivity contribution in [3.05, 3.63) is 23.3 Å². The fourth-order valence-corrected chi connectivity index (χ4v) is 2.19.